The number of hydrogen-bond donors (Lipinski definition) is 0. The molecule has 0 bridgehead atoms. The van der Waals surface area contributed by atoms with Gasteiger partial charge in [0.05, 0.1) is 6.20 Å². The molecule has 6 heteroatoms. The molecule has 0 atom stereocenters. The molecular formula is C11H13ClFNO3. The Kier molecular flexibility index (Phi) is 4.28. The molecule has 17 heavy (non-hydrogen) atoms. The molecule has 1 aromatic rings. The van der Waals surface area contributed by atoms with Crippen molar-refractivity contribution in [2.45, 2.75) is 26.4 Å². The summed E-state index contributed by atoms with van der Waals surface area (Å²) in [5, 5.41) is -0.241. The van der Waals surface area contributed by atoms with Crippen molar-refractivity contribution in [1.82, 2.24) is 4.98 Å². The highest BCUT2D eigenvalue weighted by atomic mass is 35.5. The number of carbonyl (C=O) groups is 1. The fraction of sp³-hybridized carbons (Fsp3) is 0.455. The van der Waals surface area contributed by atoms with Gasteiger partial charge in [-0.05, 0) is 20.8 Å². The van der Waals surface area contributed by atoms with Crippen molar-refractivity contribution in [3.8, 4) is 5.75 Å². The second-order valence-corrected chi connectivity index (χ2v) is 4.68. The van der Waals surface area contributed by atoms with Gasteiger partial charge in [-0.2, -0.15) is 0 Å². The maximum Gasteiger partial charge on any atom is 0.344 e. The van der Waals surface area contributed by atoms with E-state index >= 15 is 0 Å². The summed E-state index contributed by atoms with van der Waals surface area (Å²) in [7, 11) is 0. The first-order valence-corrected chi connectivity index (χ1v) is 5.31. The topological polar surface area (TPSA) is 48.4 Å². The zero-order valence-electron chi connectivity index (χ0n) is 9.79. The summed E-state index contributed by atoms with van der Waals surface area (Å²) in [6.07, 6.45) is 1.23. The second-order valence-electron chi connectivity index (χ2n) is 4.32. The number of rotatable bonds is 3. The molecule has 0 aliphatic carbocycles. The van der Waals surface area contributed by atoms with Gasteiger partial charge in [0.1, 0.15) is 11.4 Å². The number of ether oxygens (including phenoxy) is 2. The smallest absolute Gasteiger partial charge is 0.344 e. The van der Waals surface area contributed by atoms with E-state index in [0.717, 1.165) is 6.07 Å². The lowest BCUT2D eigenvalue weighted by Gasteiger charge is -2.19. The quantitative estimate of drug-likeness (QED) is 0.620. The van der Waals surface area contributed by atoms with E-state index in [1.54, 1.807) is 20.8 Å². The lowest BCUT2D eigenvalue weighted by molar-refractivity contribution is -0.157. The molecule has 1 aromatic heterocycles. The van der Waals surface area contributed by atoms with Crippen molar-refractivity contribution in [3.63, 3.8) is 0 Å². The molecule has 4 nitrogen and oxygen atoms in total. The van der Waals surface area contributed by atoms with Gasteiger partial charge in [-0.25, -0.2) is 14.2 Å². The summed E-state index contributed by atoms with van der Waals surface area (Å²) in [6.45, 7) is 4.93. The summed E-state index contributed by atoms with van der Waals surface area (Å²) >= 11 is 5.40. The molecule has 94 valence electrons. The van der Waals surface area contributed by atoms with Crippen molar-refractivity contribution in [2.24, 2.45) is 0 Å². The molecule has 0 saturated heterocycles. The molecule has 0 amide bonds. The first-order valence-electron chi connectivity index (χ1n) is 4.93. The van der Waals surface area contributed by atoms with Crippen LogP contribution >= 0.6 is 11.6 Å². The molecule has 0 aromatic carbocycles. The lowest BCUT2D eigenvalue weighted by Crippen LogP contribution is -2.27. The average Bonchev–Trinajstić information content (AvgIpc) is 2.17. The highest BCUT2D eigenvalue weighted by Gasteiger charge is 2.16. The Morgan fingerprint density at radius 3 is 2.71 bits per heavy atom. The second kappa shape index (κ2) is 5.31. The minimum absolute atomic E-state index is 0.123. The van der Waals surface area contributed by atoms with E-state index in [1.807, 2.05) is 0 Å². The van der Waals surface area contributed by atoms with E-state index in [2.05, 4.69) is 4.98 Å². The van der Waals surface area contributed by atoms with Crippen LogP contribution in [-0.2, 0) is 9.53 Å². The van der Waals surface area contributed by atoms with Crippen LogP contribution in [0.2, 0.25) is 5.15 Å². The fourth-order valence-corrected chi connectivity index (χ4v) is 1.10. The minimum Gasteiger partial charge on any atom is -0.480 e. The number of pyridine rings is 1. The molecule has 1 rings (SSSR count). The number of nitrogens with zero attached hydrogens (tertiary/aromatic N) is 1. The number of aromatic nitrogens is 1. The predicted molar refractivity (Wildman–Crippen MR) is 60.5 cm³/mol. The summed E-state index contributed by atoms with van der Waals surface area (Å²) in [5.41, 5.74) is -0.579. The van der Waals surface area contributed by atoms with Crippen molar-refractivity contribution in [2.75, 3.05) is 6.61 Å². The third kappa shape index (κ3) is 4.99. The van der Waals surface area contributed by atoms with Gasteiger partial charge < -0.3 is 9.47 Å². The summed E-state index contributed by atoms with van der Waals surface area (Å²) in [4.78, 5) is 14.8. The molecule has 0 aliphatic heterocycles. The van der Waals surface area contributed by atoms with Crippen LogP contribution < -0.4 is 4.74 Å². The van der Waals surface area contributed by atoms with Crippen molar-refractivity contribution < 1.29 is 18.7 Å². The average molecular weight is 262 g/mol. The third-order valence-electron chi connectivity index (χ3n) is 1.55. The number of halogens is 2. The zero-order valence-corrected chi connectivity index (χ0v) is 10.5. The van der Waals surface area contributed by atoms with Gasteiger partial charge in [-0.3, -0.25) is 0 Å². The molecule has 0 saturated carbocycles. The van der Waals surface area contributed by atoms with Crippen LogP contribution in [-0.4, -0.2) is 23.2 Å². The van der Waals surface area contributed by atoms with Gasteiger partial charge in [0, 0.05) is 6.07 Å². The van der Waals surface area contributed by atoms with Crippen molar-refractivity contribution in [3.05, 3.63) is 23.2 Å². The standard InChI is InChI=1S/C11H13ClFNO3/c1-11(2,3)17-9(15)6-16-7-4-8(13)10(12)14-5-7/h4-5H,6H2,1-3H3. The normalized spacial score (nSPS) is 11.1. The zero-order chi connectivity index (χ0) is 13.1. The maximum atomic E-state index is 13.0. The van der Waals surface area contributed by atoms with Crippen LogP contribution in [0.3, 0.4) is 0 Å². The van der Waals surface area contributed by atoms with Crippen LogP contribution in [0.15, 0.2) is 12.3 Å². The van der Waals surface area contributed by atoms with Crippen LogP contribution in [0.5, 0.6) is 5.75 Å². The van der Waals surface area contributed by atoms with E-state index in [9.17, 15) is 9.18 Å². The molecule has 0 spiro atoms. The Morgan fingerprint density at radius 2 is 2.18 bits per heavy atom. The van der Waals surface area contributed by atoms with Gasteiger partial charge in [0.15, 0.2) is 17.6 Å². The number of esters is 1. The molecular weight excluding hydrogens is 249 g/mol. The fourth-order valence-electron chi connectivity index (χ4n) is 0.996. The largest absolute Gasteiger partial charge is 0.480 e. The number of carbonyl (C=O) groups excluding carboxylic acids is 1. The van der Waals surface area contributed by atoms with Gasteiger partial charge in [-0.15, -0.1) is 0 Å². The van der Waals surface area contributed by atoms with E-state index in [-0.39, 0.29) is 17.5 Å². The van der Waals surface area contributed by atoms with E-state index in [1.165, 1.54) is 6.20 Å². The van der Waals surface area contributed by atoms with Gasteiger partial charge >= 0.3 is 5.97 Å². The number of hydrogen-bond acceptors (Lipinski definition) is 4. The highest BCUT2D eigenvalue weighted by Crippen LogP contribution is 2.17. The Morgan fingerprint density at radius 1 is 1.53 bits per heavy atom. The molecule has 0 fully saturated rings. The van der Waals surface area contributed by atoms with Gasteiger partial charge in [0.25, 0.3) is 0 Å². The Balaban J connectivity index is 2.50. The van der Waals surface area contributed by atoms with E-state index < -0.39 is 17.4 Å². The Hall–Kier alpha value is -1.36. The minimum atomic E-state index is -0.701. The van der Waals surface area contributed by atoms with Crippen molar-refractivity contribution >= 4 is 17.6 Å². The summed E-state index contributed by atoms with van der Waals surface area (Å²) in [5.74, 6) is -1.11. The summed E-state index contributed by atoms with van der Waals surface area (Å²) < 4.78 is 23.0. The van der Waals surface area contributed by atoms with Crippen LogP contribution in [0.25, 0.3) is 0 Å². The Bertz CT molecular complexity index is 418. The summed E-state index contributed by atoms with van der Waals surface area (Å²) in [6, 6.07) is 1.06. The first-order chi connectivity index (χ1) is 7.78. The third-order valence-corrected chi connectivity index (χ3v) is 1.83. The van der Waals surface area contributed by atoms with Crippen LogP contribution in [0.1, 0.15) is 20.8 Å². The molecule has 0 aliphatic rings. The SMILES string of the molecule is CC(C)(C)OC(=O)COc1cnc(Cl)c(F)c1. The van der Waals surface area contributed by atoms with Crippen molar-refractivity contribution in [1.29, 1.82) is 0 Å². The van der Waals surface area contributed by atoms with E-state index in [0.29, 0.717) is 0 Å². The predicted octanol–water partition coefficient (Wildman–Crippen LogP) is 2.59. The molecule has 0 N–H and O–H groups in total. The van der Waals surface area contributed by atoms with Gasteiger partial charge in [0.2, 0.25) is 0 Å². The van der Waals surface area contributed by atoms with Crippen LogP contribution in [0, 0.1) is 5.82 Å². The van der Waals surface area contributed by atoms with Crippen LogP contribution in [0.4, 0.5) is 4.39 Å². The molecule has 0 unspecified atom stereocenters. The molecule has 0 radical (unpaired) electrons. The van der Waals surface area contributed by atoms with E-state index in [4.69, 9.17) is 21.1 Å². The van der Waals surface area contributed by atoms with Gasteiger partial charge in [-0.1, -0.05) is 11.6 Å². The Labute approximate surface area is 104 Å². The highest BCUT2D eigenvalue weighted by molar-refractivity contribution is 6.29. The first kappa shape index (κ1) is 13.7. The lowest BCUT2D eigenvalue weighted by atomic mass is 10.2. The molecule has 1 heterocycles. The monoisotopic (exact) mass is 261 g/mol. The maximum absolute atomic E-state index is 13.0.